The molecule has 1 aromatic rings. The Hall–Kier alpha value is -1.47. The summed E-state index contributed by atoms with van der Waals surface area (Å²) in [6.45, 7) is 9.25. The van der Waals surface area contributed by atoms with Crippen molar-refractivity contribution in [2.45, 2.75) is 70.6 Å². The van der Waals surface area contributed by atoms with E-state index >= 15 is 0 Å². The third kappa shape index (κ3) is 3.08. The van der Waals surface area contributed by atoms with E-state index in [1.807, 2.05) is 34.6 Å². The number of nitrogens with one attached hydrogen (secondary N) is 1. The van der Waals surface area contributed by atoms with Crippen molar-refractivity contribution in [2.75, 3.05) is 0 Å². The molecule has 1 amide bonds. The van der Waals surface area contributed by atoms with Gasteiger partial charge in [-0.15, -0.1) is 0 Å². The zero-order valence-electron chi connectivity index (χ0n) is 15.3. The Morgan fingerprint density at radius 2 is 1.60 bits per heavy atom. The molecule has 1 saturated carbocycles. The minimum atomic E-state index is -1.17. The van der Waals surface area contributed by atoms with Gasteiger partial charge in [0.2, 0.25) is 0 Å². The van der Waals surface area contributed by atoms with Gasteiger partial charge in [0.05, 0.1) is 16.8 Å². The predicted octanol–water partition coefficient (Wildman–Crippen LogP) is 2.94. The van der Waals surface area contributed by atoms with E-state index in [-0.39, 0.29) is 16.6 Å². The van der Waals surface area contributed by atoms with Crippen molar-refractivity contribution >= 4 is 18.5 Å². The molecule has 0 spiro atoms. The number of hydrogen-bond donors (Lipinski definition) is 1. The van der Waals surface area contributed by atoms with Crippen LogP contribution < -0.4 is 10.8 Å². The molecular weight excluding hydrogens is 327 g/mol. The van der Waals surface area contributed by atoms with Gasteiger partial charge in [-0.3, -0.25) is 4.79 Å². The molecule has 1 aromatic carbocycles. The second-order valence-electron chi connectivity index (χ2n) is 8.29. The van der Waals surface area contributed by atoms with Crippen molar-refractivity contribution in [2.24, 2.45) is 0 Å². The topological polar surface area (TPSA) is 47.6 Å². The fourth-order valence-electron chi connectivity index (χ4n) is 3.07. The maximum atomic E-state index is 14.6. The molecule has 0 bridgehead atoms. The van der Waals surface area contributed by atoms with Gasteiger partial charge >= 0.3 is 7.12 Å². The van der Waals surface area contributed by atoms with Crippen LogP contribution in [0.15, 0.2) is 12.1 Å². The van der Waals surface area contributed by atoms with Gasteiger partial charge in [-0.1, -0.05) is 6.07 Å². The van der Waals surface area contributed by atoms with Crippen LogP contribution in [-0.2, 0) is 9.31 Å². The van der Waals surface area contributed by atoms with E-state index in [0.29, 0.717) is 0 Å². The van der Waals surface area contributed by atoms with Crippen molar-refractivity contribution in [1.29, 1.82) is 0 Å². The summed E-state index contributed by atoms with van der Waals surface area (Å²) >= 11 is 0. The molecule has 4 nitrogen and oxygen atoms in total. The zero-order chi connectivity index (χ0) is 18.6. The summed E-state index contributed by atoms with van der Waals surface area (Å²) in [7, 11) is -1.01. The lowest BCUT2D eigenvalue weighted by Crippen LogP contribution is -2.51. The maximum Gasteiger partial charge on any atom is 0.497 e. The van der Waals surface area contributed by atoms with Crippen molar-refractivity contribution < 1.29 is 22.9 Å². The van der Waals surface area contributed by atoms with Gasteiger partial charge in [0.1, 0.15) is 0 Å². The van der Waals surface area contributed by atoms with Crippen LogP contribution >= 0.6 is 0 Å². The van der Waals surface area contributed by atoms with Gasteiger partial charge in [0.15, 0.2) is 11.6 Å². The largest absolute Gasteiger partial charge is 0.497 e. The van der Waals surface area contributed by atoms with Crippen LogP contribution in [-0.4, -0.2) is 29.8 Å². The van der Waals surface area contributed by atoms with Crippen LogP contribution in [0.5, 0.6) is 0 Å². The number of rotatable bonds is 3. The van der Waals surface area contributed by atoms with E-state index in [1.165, 1.54) is 12.1 Å². The monoisotopic (exact) mass is 351 g/mol. The summed E-state index contributed by atoms with van der Waals surface area (Å²) in [4.78, 5) is 12.3. The second-order valence-corrected chi connectivity index (χ2v) is 8.29. The Labute approximate surface area is 147 Å². The third-order valence-electron chi connectivity index (χ3n) is 5.74. The summed E-state index contributed by atoms with van der Waals surface area (Å²) < 4.78 is 40.6. The molecule has 0 unspecified atom stereocenters. The molecule has 136 valence electrons. The first-order valence-electron chi connectivity index (χ1n) is 8.62. The average molecular weight is 351 g/mol. The van der Waals surface area contributed by atoms with Crippen molar-refractivity contribution in [3.05, 3.63) is 29.3 Å². The van der Waals surface area contributed by atoms with Crippen molar-refractivity contribution in [3.8, 4) is 0 Å². The quantitative estimate of drug-likeness (QED) is 0.852. The smallest absolute Gasteiger partial charge is 0.399 e. The molecule has 1 saturated heterocycles. The minimum Gasteiger partial charge on any atom is -0.399 e. The molecule has 2 fully saturated rings. The fourth-order valence-corrected chi connectivity index (χ4v) is 3.07. The molecule has 7 heteroatoms. The van der Waals surface area contributed by atoms with Gasteiger partial charge in [-0.2, -0.15) is 0 Å². The fraction of sp³-hybridized carbons (Fsp3) is 0.611. The summed E-state index contributed by atoms with van der Waals surface area (Å²) in [5, 5.41) is 2.78. The van der Waals surface area contributed by atoms with Gasteiger partial charge in [0, 0.05) is 11.0 Å². The highest BCUT2D eigenvalue weighted by atomic mass is 19.2. The first-order valence-corrected chi connectivity index (χ1v) is 8.62. The third-order valence-corrected chi connectivity index (χ3v) is 5.74. The molecule has 1 heterocycles. The van der Waals surface area contributed by atoms with Crippen LogP contribution in [0.1, 0.15) is 64.2 Å². The van der Waals surface area contributed by atoms with Crippen molar-refractivity contribution in [1.82, 2.24) is 5.32 Å². The van der Waals surface area contributed by atoms with Crippen LogP contribution in [0.4, 0.5) is 8.78 Å². The molecule has 1 N–H and O–H groups in total. The molecule has 0 radical (unpaired) electrons. The Morgan fingerprint density at radius 3 is 2.08 bits per heavy atom. The Morgan fingerprint density at radius 1 is 1.04 bits per heavy atom. The SMILES string of the molecule is CC1(NC(=O)c2ccc(B3OC(C)(C)C(C)(C)O3)c(F)c2F)CCC1. The number of benzene rings is 1. The zero-order valence-corrected chi connectivity index (χ0v) is 15.3. The van der Waals surface area contributed by atoms with E-state index in [9.17, 15) is 13.6 Å². The average Bonchev–Trinajstić information content (AvgIpc) is 2.68. The van der Waals surface area contributed by atoms with E-state index < -0.39 is 35.9 Å². The second kappa shape index (κ2) is 5.78. The number of carbonyl (C=O) groups is 1. The summed E-state index contributed by atoms with van der Waals surface area (Å²) in [6.07, 6.45) is 2.71. The maximum absolute atomic E-state index is 14.6. The number of halogens is 2. The van der Waals surface area contributed by atoms with E-state index in [0.717, 1.165) is 19.3 Å². The molecule has 0 atom stereocenters. The normalized spacial score (nSPS) is 23.2. The predicted molar refractivity (Wildman–Crippen MR) is 91.8 cm³/mol. The highest BCUT2D eigenvalue weighted by Crippen LogP contribution is 2.37. The molecular formula is C18H24BF2NO3. The number of carbonyl (C=O) groups excluding carboxylic acids is 1. The Bertz CT molecular complexity index is 701. The summed E-state index contributed by atoms with van der Waals surface area (Å²) in [5.74, 6) is -2.88. The van der Waals surface area contributed by atoms with E-state index in [4.69, 9.17) is 9.31 Å². The van der Waals surface area contributed by atoms with Crippen LogP contribution in [0.25, 0.3) is 0 Å². The first-order chi connectivity index (χ1) is 11.5. The minimum absolute atomic E-state index is 0.0393. The van der Waals surface area contributed by atoms with E-state index in [2.05, 4.69) is 5.32 Å². The molecule has 1 aliphatic carbocycles. The van der Waals surface area contributed by atoms with Crippen LogP contribution in [0.3, 0.4) is 0 Å². The van der Waals surface area contributed by atoms with Gasteiger partial charge in [0.25, 0.3) is 5.91 Å². The number of hydrogen-bond acceptors (Lipinski definition) is 3. The summed E-state index contributed by atoms with van der Waals surface area (Å²) in [6, 6.07) is 2.65. The van der Waals surface area contributed by atoms with Crippen molar-refractivity contribution in [3.63, 3.8) is 0 Å². The standard InChI is InChI=1S/C18H24BF2NO3/c1-16(2)17(3,4)25-19(24-16)12-8-7-11(13(20)14(12)21)15(23)22-18(5)9-6-10-18/h7-8H,6,9-10H2,1-5H3,(H,22,23). The number of amides is 1. The lowest BCUT2D eigenvalue weighted by molar-refractivity contribution is 0.00578. The Kier molecular flexibility index (Phi) is 4.24. The lowest BCUT2D eigenvalue weighted by Gasteiger charge is -2.39. The first kappa shape index (κ1) is 18.3. The molecule has 3 rings (SSSR count). The summed E-state index contributed by atoms with van der Waals surface area (Å²) in [5.41, 5.74) is -1.98. The molecule has 0 aromatic heterocycles. The molecule has 1 aliphatic heterocycles. The van der Waals surface area contributed by atoms with Crippen LogP contribution in [0.2, 0.25) is 0 Å². The molecule has 2 aliphatic rings. The highest BCUT2D eigenvalue weighted by molar-refractivity contribution is 6.62. The Balaban J connectivity index is 1.85. The molecule has 25 heavy (non-hydrogen) atoms. The van der Waals surface area contributed by atoms with Crippen LogP contribution in [0, 0.1) is 11.6 Å². The van der Waals surface area contributed by atoms with E-state index in [1.54, 1.807) is 0 Å². The van der Waals surface area contributed by atoms with Gasteiger partial charge in [-0.05, 0) is 59.9 Å². The van der Waals surface area contributed by atoms with Gasteiger partial charge < -0.3 is 14.6 Å². The highest BCUT2D eigenvalue weighted by Gasteiger charge is 2.52. The van der Waals surface area contributed by atoms with Gasteiger partial charge in [-0.25, -0.2) is 8.78 Å². The lowest BCUT2D eigenvalue weighted by atomic mass is 9.77.